The second-order valence-electron chi connectivity index (χ2n) is 6.09. The Bertz CT molecular complexity index is 255. The molecule has 1 rings (SSSR count). The molecule has 1 amide bonds. The minimum atomic E-state index is 0.0800. The van der Waals surface area contributed by atoms with Gasteiger partial charge in [-0.2, -0.15) is 0 Å². The van der Waals surface area contributed by atoms with Crippen LogP contribution < -0.4 is 5.32 Å². The highest BCUT2D eigenvalue weighted by Gasteiger charge is 2.21. The molecule has 0 aromatic rings. The lowest BCUT2D eigenvalue weighted by molar-refractivity contribution is -0.131. The van der Waals surface area contributed by atoms with E-state index in [1.807, 2.05) is 11.8 Å². The lowest BCUT2D eigenvalue weighted by Gasteiger charge is -2.25. The van der Waals surface area contributed by atoms with Gasteiger partial charge in [0.15, 0.2) is 0 Å². The first-order valence-electron chi connectivity index (χ1n) is 7.03. The summed E-state index contributed by atoms with van der Waals surface area (Å²) in [6, 6.07) is 0. The van der Waals surface area contributed by atoms with Gasteiger partial charge in [-0.1, -0.05) is 0 Å². The highest BCUT2D eigenvalue weighted by Crippen LogP contribution is 2.14. The van der Waals surface area contributed by atoms with Gasteiger partial charge in [0.25, 0.3) is 0 Å². The highest BCUT2D eigenvalue weighted by atomic mass is 16.5. The second-order valence-corrected chi connectivity index (χ2v) is 6.09. The fourth-order valence-electron chi connectivity index (χ4n) is 2.15. The van der Waals surface area contributed by atoms with E-state index in [2.05, 4.69) is 26.1 Å². The van der Waals surface area contributed by atoms with Crippen LogP contribution in [0.3, 0.4) is 0 Å². The summed E-state index contributed by atoms with van der Waals surface area (Å²) in [6.45, 7) is 12.5. The maximum Gasteiger partial charge on any atom is 0.223 e. The fourth-order valence-corrected chi connectivity index (χ4v) is 2.15. The minimum absolute atomic E-state index is 0.0800. The quantitative estimate of drug-likeness (QED) is 0.785. The summed E-state index contributed by atoms with van der Waals surface area (Å²) in [7, 11) is 0. The number of nitrogens with zero attached hydrogens (tertiary/aromatic N) is 1. The lowest BCUT2D eigenvalue weighted by Crippen LogP contribution is -2.40. The Morgan fingerprint density at radius 2 is 2.17 bits per heavy atom. The van der Waals surface area contributed by atoms with E-state index < -0.39 is 0 Å². The Hall–Kier alpha value is -0.610. The van der Waals surface area contributed by atoms with Crippen LogP contribution in [0.25, 0.3) is 0 Å². The first kappa shape index (κ1) is 15.4. The van der Waals surface area contributed by atoms with E-state index in [-0.39, 0.29) is 11.4 Å². The highest BCUT2D eigenvalue weighted by molar-refractivity contribution is 5.76. The van der Waals surface area contributed by atoms with Crippen LogP contribution in [0.2, 0.25) is 0 Å². The molecule has 0 aliphatic carbocycles. The number of nitrogens with one attached hydrogen (secondary N) is 1. The molecule has 1 fully saturated rings. The van der Waals surface area contributed by atoms with Crippen molar-refractivity contribution in [2.24, 2.45) is 5.92 Å². The normalized spacial score (nSPS) is 20.1. The molecule has 1 N–H and O–H groups in total. The summed E-state index contributed by atoms with van der Waals surface area (Å²) in [5, 5.41) is 3.35. The van der Waals surface area contributed by atoms with Gasteiger partial charge in [-0.3, -0.25) is 4.79 Å². The first-order valence-corrected chi connectivity index (χ1v) is 7.03. The van der Waals surface area contributed by atoms with Gasteiger partial charge >= 0.3 is 0 Å². The standard InChI is InChI=1S/C14H28N2O2/c1-5-16(10-12-7-9-18-11-12)13(17)6-8-15-14(2,3)4/h12,15H,5-11H2,1-4H3. The molecule has 0 aromatic heterocycles. The SMILES string of the molecule is CCN(CC1CCOC1)C(=O)CCNC(C)(C)C. The number of rotatable bonds is 6. The third kappa shape index (κ3) is 5.83. The first-order chi connectivity index (χ1) is 8.42. The molecule has 1 aliphatic rings. The summed E-state index contributed by atoms with van der Waals surface area (Å²) in [4.78, 5) is 14.1. The van der Waals surface area contributed by atoms with E-state index in [9.17, 15) is 4.79 Å². The zero-order valence-corrected chi connectivity index (χ0v) is 12.3. The third-order valence-corrected chi connectivity index (χ3v) is 3.23. The van der Waals surface area contributed by atoms with Gasteiger partial charge in [-0.25, -0.2) is 0 Å². The van der Waals surface area contributed by atoms with Crippen molar-refractivity contribution in [1.29, 1.82) is 0 Å². The third-order valence-electron chi connectivity index (χ3n) is 3.23. The van der Waals surface area contributed by atoms with Crippen LogP contribution in [0.5, 0.6) is 0 Å². The molecule has 0 spiro atoms. The van der Waals surface area contributed by atoms with E-state index >= 15 is 0 Å². The summed E-state index contributed by atoms with van der Waals surface area (Å²) < 4.78 is 5.36. The second kappa shape index (κ2) is 7.10. The zero-order chi connectivity index (χ0) is 13.6. The maximum atomic E-state index is 12.1. The van der Waals surface area contributed by atoms with Crippen molar-refractivity contribution < 1.29 is 9.53 Å². The van der Waals surface area contributed by atoms with Crippen molar-refractivity contribution in [3.8, 4) is 0 Å². The molecule has 0 bridgehead atoms. The Morgan fingerprint density at radius 3 is 2.67 bits per heavy atom. The average molecular weight is 256 g/mol. The van der Waals surface area contributed by atoms with Crippen LogP contribution in [-0.4, -0.2) is 49.2 Å². The predicted molar refractivity (Wildman–Crippen MR) is 73.6 cm³/mol. The number of hydrogen-bond donors (Lipinski definition) is 1. The molecule has 1 unspecified atom stereocenters. The number of amides is 1. The fraction of sp³-hybridized carbons (Fsp3) is 0.929. The maximum absolute atomic E-state index is 12.1. The molecule has 18 heavy (non-hydrogen) atoms. The molecule has 0 aromatic carbocycles. The molecule has 4 nitrogen and oxygen atoms in total. The number of carbonyl (C=O) groups is 1. The molecule has 0 saturated carbocycles. The van der Waals surface area contributed by atoms with E-state index in [0.717, 1.165) is 39.3 Å². The van der Waals surface area contributed by atoms with Crippen molar-refractivity contribution in [2.75, 3.05) is 32.8 Å². The van der Waals surface area contributed by atoms with Gasteiger partial charge in [-0.15, -0.1) is 0 Å². The Kier molecular flexibility index (Phi) is 6.09. The van der Waals surface area contributed by atoms with Gasteiger partial charge in [0, 0.05) is 44.1 Å². The van der Waals surface area contributed by atoms with Crippen molar-refractivity contribution >= 4 is 5.91 Å². The molecular formula is C14H28N2O2. The predicted octanol–water partition coefficient (Wildman–Crippen LogP) is 1.65. The van der Waals surface area contributed by atoms with Gasteiger partial charge in [0.1, 0.15) is 0 Å². The summed E-state index contributed by atoms with van der Waals surface area (Å²) in [5.41, 5.74) is 0.0800. The van der Waals surface area contributed by atoms with Crippen molar-refractivity contribution in [3.05, 3.63) is 0 Å². The molecule has 106 valence electrons. The van der Waals surface area contributed by atoms with Crippen LogP contribution >= 0.6 is 0 Å². The zero-order valence-electron chi connectivity index (χ0n) is 12.3. The van der Waals surface area contributed by atoms with Gasteiger partial charge in [0.2, 0.25) is 5.91 Å². The van der Waals surface area contributed by atoms with E-state index in [4.69, 9.17) is 4.74 Å². The Morgan fingerprint density at radius 1 is 1.44 bits per heavy atom. The molecule has 1 aliphatic heterocycles. The largest absolute Gasteiger partial charge is 0.381 e. The van der Waals surface area contributed by atoms with Crippen LogP contribution in [0.4, 0.5) is 0 Å². The average Bonchev–Trinajstić information content (AvgIpc) is 2.76. The van der Waals surface area contributed by atoms with Crippen molar-refractivity contribution in [1.82, 2.24) is 10.2 Å². The van der Waals surface area contributed by atoms with Crippen molar-refractivity contribution in [3.63, 3.8) is 0 Å². The van der Waals surface area contributed by atoms with E-state index in [1.54, 1.807) is 0 Å². The van der Waals surface area contributed by atoms with E-state index in [1.165, 1.54) is 0 Å². The van der Waals surface area contributed by atoms with Crippen molar-refractivity contribution in [2.45, 2.75) is 46.1 Å². The smallest absolute Gasteiger partial charge is 0.223 e. The van der Waals surface area contributed by atoms with Crippen LogP contribution in [0, 0.1) is 5.92 Å². The molecule has 4 heteroatoms. The van der Waals surface area contributed by atoms with Gasteiger partial charge in [0.05, 0.1) is 6.61 Å². The molecule has 1 saturated heterocycles. The van der Waals surface area contributed by atoms with Crippen LogP contribution in [0.1, 0.15) is 40.5 Å². The van der Waals surface area contributed by atoms with Gasteiger partial charge < -0.3 is 15.0 Å². The van der Waals surface area contributed by atoms with E-state index in [0.29, 0.717) is 12.3 Å². The summed E-state index contributed by atoms with van der Waals surface area (Å²) in [5.74, 6) is 0.783. The van der Waals surface area contributed by atoms with Gasteiger partial charge in [-0.05, 0) is 34.1 Å². The molecule has 1 atom stereocenters. The Balaban J connectivity index is 2.28. The molecule has 0 radical (unpaired) electrons. The van der Waals surface area contributed by atoms with Crippen LogP contribution in [-0.2, 0) is 9.53 Å². The number of hydrogen-bond acceptors (Lipinski definition) is 3. The Labute approximate surface area is 111 Å². The monoisotopic (exact) mass is 256 g/mol. The van der Waals surface area contributed by atoms with Crippen LogP contribution in [0.15, 0.2) is 0 Å². The topological polar surface area (TPSA) is 41.6 Å². The minimum Gasteiger partial charge on any atom is -0.381 e. The summed E-state index contributed by atoms with van der Waals surface area (Å²) >= 11 is 0. The molecule has 1 heterocycles. The molecular weight excluding hydrogens is 228 g/mol. The number of carbonyl (C=O) groups excluding carboxylic acids is 1. The summed E-state index contributed by atoms with van der Waals surface area (Å²) in [6.07, 6.45) is 1.67. The lowest BCUT2D eigenvalue weighted by atomic mass is 10.1. The number of ether oxygens (including phenoxy) is 1.